The summed E-state index contributed by atoms with van der Waals surface area (Å²) < 4.78 is 0. The number of nitrogens with one attached hydrogen (secondary N) is 1. The molecule has 5 heteroatoms. The first-order valence-corrected chi connectivity index (χ1v) is 6.66. The molecule has 0 saturated heterocycles. The molecule has 0 radical (unpaired) electrons. The van der Waals surface area contributed by atoms with Crippen LogP contribution >= 0.6 is 0 Å². The summed E-state index contributed by atoms with van der Waals surface area (Å²) in [4.78, 5) is 28.6. The Morgan fingerprint density at radius 3 is 2.62 bits per heavy atom. The van der Waals surface area contributed by atoms with Crippen LogP contribution in [0.5, 0.6) is 5.75 Å². The number of benzene rings is 1. The van der Waals surface area contributed by atoms with Crippen molar-refractivity contribution in [1.29, 1.82) is 0 Å². The van der Waals surface area contributed by atoms with E-state index in [1.54, 1.807) is 45.2 Å². The number of aromatic amines is 1. The maximum absolute atomic E-state index is 12.4. The van der Waals surface area contributed by atoms with Crippen LogP contribution in [0.3, 0.4) is 0 Å². The number of H-pyrrole nitrogens is 1. The Hall–Kier alpha value is -2.56. The van der Waals surface area contributed by atoms with E-state index < -0.39 is 0 Å². The summed E-state index contributed by atoms with van der Waals surface area (Å²) in [6, 6.07) is 7.89. The lowest BCUT2D eigenvalue weighted by molar-refractivity contribution is 0.0739. The zero-order valence-electron chi connectivity index (χ0n) is 12.3. The van der Waals surface area contributed by atoms with Gasteiger partial charge in [-0.3, -0.25) is 9.59 Å². The maximum atomic E-state index is 12.4. The third-order valence-electron chi connectivity index (χ3n) is 3.58. The van der Waals surface area contributed by atoms with Gasteiger partial charge in [0.2, 0.25) is 0 Å². The number of phenolic OH excluding ortho intramolecular Hbond substituents is 1. The van der Waals surface area contributed by atoms with Crippen molar-refractivity contribution in [3.8, 4) is 5.75 Å². The molecule has 2 rings (SSSR count). The highest BCUT2D eigenvalue weighted by molar-refractivity contribution is 5.94. The second-order valence-electron chi connectivity index (χ2n) is 5.04. The summed E-state index contributed by atoms with van der Waals surface area (Å²) in [7, 11) is 1.61. The SMILES string of the molecule is Cc1cc(=O)c(C(=O)N(C)C(C)c2ccccc2O)c[nH]1. The molecule has 1 unspecified atom stereocenters. The number of para-hydroxylation sites is 1. The second-order valence-corrected chi connectivity index (χ2v) is 5.04. The summed E-state index contributed by atoms with van der Waals surface area (Å²) >= 11 is 0. The van der Waals surface area contributed by atoms with Crippen molar-refractivity contribution in [2.45, 2.75) is 19.9 Å². The van der Waals surface area contributed by atoms with Crippen molar-refractivity contribution >= 4 is 5.91 Å². The lowest BCUT2D eigenvalue weighted by atomic mass is 10.1. The van der Waals surface area contributed by atoms with E-state index in [0.29, 0.717) is 11.3 Å². The first kappa shape index (κ1) is 14.8. The second kappa shape index (κ2) is 5.83. The third-order valence-corrected chi connectivity index (χ3v) is 3.58. The van der Waals surface area contributed by atoms with Gasteiger partial charge in [-0.1, -0.05) is 18.2 Å². The fraction of sp³-hybridized carbons (Fsp3) is 0.250. The lowest BCUT2D eigenvalue weighted by Gasteiger charge is -2.25. The molecule has 0 saturated carbocycles. The van der Waals surface area contributed by atoms with Crippen molar-refractivity contribution in [3.63, 3.8) is 0 Å². The lowest BCUT2D eigenvalue weighted by Crippen LogP contribution is -2.33. The number of carbonyl (C=O) groups is 1. The minimum atomic E-state index is -0.382. The van der Waals surface area contributed by atoms with Gasteiger partial charge in [0.1, 0.15) is 11.3 Å². The summed E-state index contributed by atoms with van der Waals surface area (Å²) in [6.45, 7) is 3.55. The monoisotopic (exact) mass is 286 g/mol. The number of amides is 1. The average molecular weight is 286 g/mol. The largest absolute Gasteiger partial charge is 0.508 e. The van der Waals surface area contributed by atoms with Gasteiger partial charge in [0.05, 0.1) is 6.04 Å². The number of pyridine rings is 1. The van der Waals surface area contributed by atoms with Gasteiger partial charge in [-0.15, -0.1) is 0 Å². The Morgan fingerprint density at radius 1 is 1.33 bits per heavy atom. The van der Waals surface area contributed by atoms with E-state index in [0.717, 1.165) is 0 Å². The fourth-order valence-corrected chi connectivity index (χ4v) is 2.16. The van der Waals surface area contributed by atoms with Gasteiger partial charge < -0.3 is 15.0 Å². The molecule has 5 nitrogen and oxygen atoms in total. The molecule has 0 spiro atoms. The predicted molar refractivity (Wildman–Crippen MR) is 80.4 cm³/mol. The molecule has 1 atom stereocenters. The Kier molecular flexibility index (Phi) is 4.12. The van der Waals surface area contributed by atoms with Gasteiger partial charge in [0.15, 0.2) is 5.43 Å². The summed E-state index contributed by atoms with van der Waals surface area (Å²) in [5, 5.41) is 9.87. The van der Waals surface area contributed by atoms with Crippen LogP contribution in [-0.4, -0.2) is 27.9 Å². The minimum absolute atomic E-state index is 0.0883. The van der Waals surface area contributed by atoms with E-state index in [2.05, 4.69) is 4.98 Å². The smallest absolute Gasteiger partial charge is 0.259 e. The highest BCUT2D eigenvalue weighted by Crippen LogP contribution is 2.27. The zero-order chi connectivity index (χ0) is 15.6. The Bertz CT molecular complexity index is 721. The number of phenols is 1. The minimum Gasteiger partial charge on any atom is -0.508 e. The van der Waals surface area contributed by atoms with Gasteiger partial charge in [0, 0.05) is 30.6 Å². The van der Waals surface area contributed by atoms with Gasteiger partial charge in [-0.25, -0.2) is 0 Å². The molecule has 0 bridgehead atoms. The summed E-state index contributed by atoms with van der Waals surface area (Å²) in [5.74, 6) is -0.255. The van der Waals surface area contributed by atoms with Gasteiger partial charge in [-0.05, 0) is 19.9 Å². The fourth-order valence-electron chi connectivity index (χ4n) is 2.16. The van der Waals surface area contributed by atoms with Crippen LogP contribution in [0.2, 0.25) is 0 Å². The molecule has 0 fully saturated rings. The number of aromatic hydroxyl groups is 1. The van der Waals surface area contributed by atoms with Crippen molar-refractivity contribution in [1.82, 2.24) is 9.88 Å². The van der Waals surface area contributed by atoms with Crippen LogP contribution in [0.15, 0.2) is 41.3 Å². The number of nitrogens with zero attached hydrogens (tertiary/aromatic N) is 1. The van der Waals surface area contributed by atoms with Crippen molar-refractivity contribution in [2.75, 3.05) is 7.05 Å². The first-order valence-electron chi connectivity index (χ1n) is 6.66. The highest BCUT2D eigenvalue weighted by Gasteiger charge is 2.22. The van der Waals surface area contributed by atoms with Gasteiger partial charge in [-0.2, -0.15) is 0 Å². The molecule has 2 aromatic rings. The number of hydrogen-bond acceptors (Lipinski definition) is 3. The normalized spacial score (nSPS) is 12.0. The molecule has 0 aliphatic heterocycles. The van der Waals surface area contributed by atoms with Crippen LogP contribution in [0.1, 0.15) is 34.6 Å². The molecule has 0 aliphatic rings. The van der Waals surface area contributed by atoms with Crippen LogP contribution in [-0.2, 0) is 0 Å². The molecule has 1 heterocycles. The topological polar surface area (TPSA) is 73.4 Å². The molecule has 0 aliphatic carbocycles. The molecule has 110 valence electrons. The van der Waals surface area contributed by atoms with Gasteiger partial charge >= 0.3 is 0 Å². The molecule has 21 heavy (non-hydrogen) atoms. The summed E-state index contributed by atoms with van der Waals surface area (Å²) in [5.41, 5.74) is 1.11. The maximum Gasteiger partial charge on any atom is 0.259 e. The van der Waals surface area contributed by atoms with Crippen LogP contribution in [0.25, 0.3) is 0 Å². The Balaban J connectivity index is 2.31. The van der Waals surface area contributed by atoms with E-state index in [1.807, 2.05) is 0 Å². The van der Waals surface area contributed by atoms with Crippen molar-refractivity contribution in [3.05, 3.63) is 63.6 Å². The van der Waals surface area contributed by atoms with Gasteiger partial charge in [0.25, 0.3) is 5.91 Å². The van der Waals surface area contributed by atoms with Crippen LogP contribution < -0.4 is 5.43 Å². The number of carbonyl (C=O) groups excluding carboxylic acids is 1. The van der Waals surface area contributed by atoms with E-state index in [9.17, 15) is 14.7 Å². The predicted octanol–water partition coefficient (Wildman–Crippen LogP) is 2.22. The van der Waals surface area contributed by atoms with Crippen LogP contribution in [0, 0.1) is 6.92 Å². The average Bonchev–Trinajstić information content (AvgIpc) is 2.45. The number of rotatable bonds is 3. The zero-order valence-corrected chi connectivity index (χ0v) is 12.3. The molecule has 1 aromatic carbocycles. The number of aryl methyl sites for hydroxylation is 1. The molecule has 2 N–H and O–H groups in total. The van der Waals surface area contributed by atoms with Crippen LogP contribution in [0.4, 0.5) is 0 Å². The number of hydrogen-bond donors (Lipinski definition) is 2. The first-order chi connectivity index (χ1) is 9.91. The molecular formula is C16H18N2O3. The van der Waals surface area contributed by atoms with E-state index in [4.69, 9.17) is 0 Å². The third kappa shape index (κ3) is 2.97. The van der Waals surface area contributed by atoms with E-state index in [-0.39, 0.29) is 28.7 Å². The van der Waals surface area contributed by atoms with E-state index in [1.165, 1.54) is 17.2 Å². The quantitative estimate of drug-likeness (QED) is 0.908. The Labute approximate surface area is 122 Å². The molecule has 1 amide bonds. The van der Waals surface area contributed by atoms with Crippen molar-refractivity contribution in [2.24, 2.45) is 0 Å². The standard InChI is InChI=1S/C16H18N2O3/c1-10-8-15(20)13(9-17-10)16(21)18(3)11(2)12-6-4-5-7-14(12)19/h4-9,11,19H,1-3H3,(H,17,20). The Morgan fingerprint density at radius 2 is 2.00 bits per heavy atom. The highest BCUT2D eigenvalue weighted by atomic mass is 16.3. The van der Waals surface area contributed by atoms with Crippen molar-refractivity contribution < 1.29 is 9.90 Å². The number of aromatic nitrogens is 1. The summed E-state index contributed by atoms with van der Waals surface area (Å²) in [6.07, 6.45) is 1.42. The van der Waals surface area contributed by atoms with E-state index >= 15 is 0 Å². The molecular weight excluding hydrogens is 268 g/mol. The molecule has 1 aromatic heterocycles.